The zero-order valence-electron chi connectivity index (χ0n) is 52.2. The largest absolute Gasteiger partial charge is 0.481 e. The maximum atomic E-state index is 15.4. The first-order valence-electron chi connectivity index (χ1n) is 28.3. The Hall–Kier alpha value is -4.90. The zero-order chi connectivity index (χ0) is 68.6. The molecule has 1 N–H and O–H groups in total. The predicted octanol–water partition coefficient (Wildman–Crippen LogP) is 7.00. The van der Waals surface area contributed by atoms with Gasteiger partial charge in [0.15, 0.2) is 12.2 Å². The number of carbonyl (C=O) groups is 10. The highest BCUT2D eigenvalue weighted by Crippen LogP contribution is 2.61. The molecule has 0 radical (unpaired) electrons. The number of rotatable bonds is 50. The molecule has 1 rings (SSSR count). The van der Waals surface area contributed by atoms with Crippen LogP contribution in [0.15, 0.2) is 0 Å². The lowest BCUT2D eigenvalue weighted by Gasteiger charge is -2.48. The van der Waals surface area contributed by atoms with Crippen LogP contribution in [0.25, 0.3) is 0 Å². The minimum absolute atomic E-state index is 0.0760. The Kier molecular flexibility index (Phi) is 42.0. The third-order valence-corrected chi connectivity index (χ3v) is 16.5. The average molecular weight is 1400 g/mol. The third-order valence-electron chi connectivity index (χ3n) is 11.1. The molecule has 1 aliphatic carbocycles. The summed E-state index contributed by atoms with van der Waals surface area (Å²) in [7, 11) is -23.4. The minimum atomic E-state index is -5.87. The number of aliphatic hydroxyl groups is 1. The van der Waals surface area contributed by atoms with Gasteiger partial charge in [-0.05, 0) is 19.3 Å². The molecule has 2 unspecified atom stereocenters. The first kappa shape index (κ1) is 84.1. The van der Waals surface area contributed by atoms with E-state index in [0.717, 1.165) is 87.0 Å². The van der Waals surface area contributed by atoms with Crippen molar-refractivity contribution in [3.63, 3.8) is 0 Å². The Morgan fingerprint density at radius 3 is 0.956 bits per heavy atom. The molecule has 0 heterocycles. The Morgan fingerprint density at radius 1 is 0.330 bits per heavy atom. The number of ether oxygens (including phenoxy) is 10. The summed E-state index contributed by atoms with van der Waals surface area (Å²) in [6.45, 7) is -0.382. The second-order valence-corrected chi connectivity index (χ2v) is 25.3. The molecule has 526 valence electrons. The summed E-state index contributed by atoms with van der Waals surface area (Å²) in [4.78, 5) is 124. The van der Waals surface area contributed by atoms with E-state index in [4.69, 9.17) is 102 Å². The average Bonchev–Trinajstić information content (AvgIpc) is 0.754. The highest BCUT2D eigenvalue weighted by Gasteiger charge is 2.62. The molecule has 8 atom stereocenters. The van der Waals surface area contributed by atoms with Crippen LogP contribution >= 0.6 is 31.3 Å². The van der Waals surface area contributed by atoms with Crippen molar-refractivity contribution in [2.75, 3.05) is 60.8 Å². The molecule has 0 saturated heterocycles. The minimum Gasteiger partial charge on any atom is -0.462 e. The second-order valence-electron chi connectivity index (χ2n) is 18.9. The monoisotopic (exact) mass is 1400 g/mol. The Morgan fingerprint density at radius 2 is 0.626 bits per heavy atom. The Balaban J connectivity index is 4.72. The molecule has 0 bridgehead atoms. The van der Waals surface area contributed by atoms with E-state index in [1.807, 2.05) is 13.8 Å². The van der Waals surface area contributed by atoms with E-state index in [2.05, 4.69) is 0 Å². The summed E-state index contributed by atoms with van der Waals surface area (Å²) in [6, 6.07) is 0. The van der Waals surface area contributed by atoms with Crippen molar-refractivity contribution in [2.24, 2.45) is 0 Å². The molecule has 91 heavy (non-hydrogen) atoms. The van der Waals surface area contributed by atoms with Crippen LogP contribution in [0.3, 0.4) is 0 Å². The highest BCUT2D eigenvalue weighted by atomic mass is 31.2. The lowest BCUT2D eigenvalue weighted by Crippen LogP contribution is -2.66. The first-order chi connectivity index (χ1) is 42.8. The van der Waals surface area contributed by atoms with E-state index < -0.39 is 201 Å². The number of phosphoric acid groups is 4. The van der Waals surface area contributed by atoms with Gasteiger partial charge in [0.25, 0.3) is 0 Å². The number of hydrogen-bond donors (Lipinski definition) is 1. The van der Waals surface area contributed by atoms with Crippen molar-refractivity contribution in [1.82, 2.24) is 0 Å². The smallest absolute Gasteiger partial charge is 0.462 e. The Labute approximate surface area is 525 Å². The first-order valence-corrected chi connectivity index (χ1v) is 34.1. The van der Waals surface area contributed by atoms with Gasteiger partial charge in [-0.2, -0.15) is 0 Å². The Bertz CT molecular complexity index is 2420. The molecular formula is C50H84O37P4. The molecule has 1 fully saturated rings. The SMILES string of the molecule is CCCCCCCC(=O)OCC(COP(=O)(OCOC(C)=O)O[C@H]1[C@H](O)[C@@H](OP(=O)(OCOC(C)=O)OCOC(C)=O)[C@H](OP(=O)(OCOC(C)=O)OCOC(C)=O)[C@@H](OP(=O)(OCOC(C)=O)OCOC(C)=O)[C@H]1OC(=O)CCC)OC(=O)CCCCCCC. The lowest BCUT2D eigenvalue weighted by atomic mass is 9.85. The van der Waals surface area contributed by atoms with Gasteiger partial charge in [-0.25, -0.2) is 49.9 Å². The fourth-order valence-corrected chi connectivity index (χ4v) is 11.5. The van der Waals surface area contributed by atoms with Crippen LogP contribution in [0.5, 0.6) is 0 Å². The molecule has 0 amide bonds. The predicted molar refractivity (Wildman–Crippen MR) is 298 cm³/mol. The summed E-state index contributed by atoms with van der Waals surface area (Å²) in [5.41, 5.74) is 0. The summed E-state index contributed by atoms with van der Waals surface area (Å²) in [5.74, 6) is -10.8. The topological polar surface area (TPSA) is 462 Å². The summed E-state index contributed by atoms with van der Waals surface area (Å²) < 4.78 is 175. The zero-order valence-corrected chi connectivity index (χ0v) is 55.8. The molecule has 0 spiro atoms. The van der Waals surface area contributed by atoms with Gasteiger partial charge >= 0.3 is 91.0 Å². The molecule has 1 saturated carbocycles. The van der Waals surface area contributed by atoms with Crippen LogP contribution in [-0.4, -0.2) is 168 Å². The quantitative estimate of drug-likeness (QED) is 0.0210. The highest BCUT2D eigenvalue weighted by molar-refractivity contribution is 7.49. The van der Waals surface area contributed by atoms with Gasteiger partial charge in [-0.3, -0.25) is 70.6 Å². The van der Waals surface area contributed by atoms with E-state index >= 15 is 9.13 Å². The number of unbranched alkanes of at least 4 members (excludes halogenated alkanes) is 8. The van der Waals surface area contributed by atoms with E-state index in [-0.39, 0.29) is 19.3 Å². The van der Waals surface area contributed by atoms with Crippen LogP contribution in [0.1, 0.15) is 159 Å². The van der Waals surface area contributed by atoms with Crippen LogP contribution < -0.4 is 0 Å². The van der Waals surface area contributed by atoms with E-state index in [9.17, 15) is 62.2 Å². The number of carbonyl (C=O) groups excluding carboxylic acids is 10. The third kappa shape index (κ3) is 38.2. The van der Waals surface area contributed by atoms with Gasteiger partial charge in [0.2, 0.25) is 47.6 Å². The fourth-order valence-electron chi connectivity index (χ4n) is 6.92. The number of esters is 10. The second kappa shape index (κ2) is 45.4. The van der Waals surface area contributed by atoms with Crippen molar-refractivity contribution < 1.29 is 173 Å². The van der Waals surface area contributed by atoms with Crippen LogP contribution in [0, 0.1) is 0 Å². The van der Waals surface area contributed by atoms with Crippen LogP contribution in [0.4, 0.5) is 0 Å². The fraction of sp³-hybridized carbons (Fsp3) is 0.800. The maximum Gasteiger partial charge on any atom is 0.481 e. The van der Waals surface area contributed by atoms with E-state index in [1.54, 1.807) is 0 Å². The molecule has 37 nitrogen and oxygen atoms in total. The normalized spacial score (nSPS) is 18.5. The van der Waals surface area contributed by atoms with Crippen molar-refractivity contribution in [2.45, 2.75) is 202 Å². The number of phosphoric ester groups is 4. The molecule has 41 heteroatoms. The molecule has 0 aromatic heterocycles. The van der Waals surface area contributed by atoms with Crippen molar-refractivity contribution >= 4 is 91.0 Å². The van der Waals surface area contributed by atoms with Gasteiger partial charge in [0.05, 0.1) is 6.61 Å². The van der Waals surface area contributed by atoms with Gasteiger partial charge in [0, 0.05) is 67.7 Å². The lowest BCUT2D eigenvalue weighted by molar-refractivity contribution is -0.229. The van der Waals surface area contributed by atoms with E-state index in [0.29, 0.717) is 25.7 Å². The summed E-state index contributed by atoms with van der Waals surface area (Å²) in [6.07, 6.45) is -13.0. The molecule has 0 aromatic rings. The van der Waals surface area contributed by atoms with E-state index in [1.165, 1.54) is 6.92 Å². The van der Waals surface area contributed by atoms with Crippen molar-refractivity contribution in [3.05, 3.63) is 0 Å². The van der Waals surface area contributed by atoms with Crippen LogP contribution in [-0.2, 0) is 168 Å². The summed E-state index contributed by atoms with van der Waals surface area (Å²) in [5, 5.41) is 12.8. The maximum absolute atomic E-state index is 15.4. The molecule has 0 aromatic carbocycles. The standard InChI is InChI=1S/C50H84O37P4/c1-11-14-16-18-20-23-42(58)66-25-41(82-44(60)24-21-19-17-15-12-2)26-74-88(62,75-27-67-34(4)51)84-46-45(61)47(85-89(63,76-28-68-35(5)52)77-29-69-36(6)53)49(86-90(64,78-30-70-37(7)54)79-31-71-38(8)55)50(48(46)83-43(59)22-13-3)87-91(65,80-32-72-39(9)56)81-33-73-40(10)57/h41,45-50,61H,11-33H2,1-10H3/t41?,45-,46-,47+,48-,49-,50-,88?/m0/s1. The number of hydrogen-bond acceptors (Lipinski definition) is 37. The van der Waals surface area contributed by atoms with Gasteiger partial charge in [0.1, 0.15) is 37.1 Å². The number of aliphatic hydroxyl groups excluding tert-OH is 1. The van der Waals surface area contributed by atoms with Crippen molar-refractivity contribution in [3.8, 4) is 0 Å². The van der Waals surface area contributed by atoms with Gasteiger partial charge in [-0.1, -0.05) is 72.1 Å². The van der Waals surface area contributed by atoms with Crippen LogP contribution in [0.2, 0.25) is 0 Å². The summed E-state index contributed by atoms with van der Waals surface area (Å²) >= 11 is 0. The molecular weight excluding hydrogens is 1320 g/mol. The van der Waals surface area contributed by atoms with Gasteiger partial charge < -0.3 is 52.5 Å². The van der Waals surface area contributed by atoms with Gasteiger partial charge in [-0.15, -0.1) is 0 Å². The molecule has 0 aliphatic heterocycles. The molecule has 1 aliphatic rings. The van der Waals surface area contributed by atoms with Crippen molar-refractivity contribution in [1.29, 1.82) is 0 Å².